The lowest BCUT2D eigenvalue weighted by Crippen LogP contribution is -2.65. The highest BCUT2D eigenvalue weighted by Gasteiger charge is 2.65. The number of likely N-dealkylation sites (N-methyl/N-ethyl adjacent to an activating group) is 1. The van der Waals surface area contributed by atoms with Crippen LogP contribution in [-0.2, 0) is 26.1 Å². The van der Waals surface area contributed by atoms with Crippen LogP contribution in [0.15, 0.2) is 24.3 Å². The second-order valence-corrected chi connectivity index (χ2v) is 9.67. The Morgan fingerprint density at radius 3 is 2.88 bits per heavy atom. The van der Waals surface area contributed by atoms with Crippen molar-refractivity contribution in [3.05, 3.63) is 35.4 Å². The first kappa shape index (κ1) is 20.4. The summed E-state index contributed by atoms with van der Waals surface area (Å²) >= 11 is 0. The summed E-state index contributed by atoms with van der Waals surface area (Å²) < 4.78 is 18.0. The molecular weight excluding hydrogens is 418 g/mol. The number of aliphatic carboxylic acids is 1. The fraction of sp³-hybridized carbons (Fsp3) is 0.609. The zero-order valence-electron chi connectivity index (χ0n) is 17.6. The molecule has 2 saturated heterocycles. The Morgan fingerprint density at radius 1 is 1.28 bits per heavy atom. The molecule has 3 unspecified atom stereocenters. The monoisotopic (exact) mass is 445 g/mol. The van der Waals surface area contributed by atoms with Crippen LogP contribution in [0.5, 0.6) is 11.5 Å². The maximum atomic E-state index is 11.4. The summed E-state index contributed by atoms with van der Waals surface area (Å²) in [4.78, 5) is 13.8. The van der Waals surface area contributed by atoms with Crippen molar-refractivity contribution in [2.24, 2.45) is 5.92 Å². The minimum absolute atomic E-state index is 0.0951. The van der Waals surface area contributed by atoms with Crippen molar-refractivity contribution >= 4 is 5.97 Å². The number of likely N-dealkylation sites (tertiary alicyclic amines) is 1. The van der Waals surface area contributed by atoms with Crippen LogP contribution in [0.2, 0.25) is 0 Å². The number of carboxylic acids is 1. The number of phenolic OH excluding ortho intramolecular Hbond substituents is 1. The van der Waals surface area contributed by atoms with Crippen molar-refractivity contribution < 1.29 is 39.4 Å². The van der Waals surface area contributed by atoms with E-state index >= 15 is 0 Å². The van der Waals surface area contributed by atoms with Gasteiger partial charge in [-0.15, -0.1) is 0 Å². The molecule has 2 bridgehead atoms. The van der Waals surface area contributed by atoms with E-state index in [-0.39, 0.29) is 23.5 Å². The van der Waals surface area contributed by atoms with Gasteiger partial charge < -0.3 is 39.5 Å². The predicted octanol–water partition coefficient (Wildman–Crippen LogP) is 0.144. The Morgan fingerprint density at radius 2 is 2.09 bits per heavy atom. The summed E-state index contributed by atoms with van der Waals surface area (Å²) in [5.41, 5.74) is 1.82. The van der Waals surface area contributed by atoms with Gasteiger partial charge in [0.2, 0.25) is 0 Å². The molecule has 9 nitrogen and oxygen atoms in total. The molecular formula is C23H27NO8. The van der Waals surface area contributed by atoms with E-state index in [4.69, 9.17) is 14.2 Å². The summed E-state index contributed by atoms with van der Waals surface area (Å²) in [6.07, 6.45) is -0.836. The van der Waals surface area contributed by atoms with Crippen molar-refractivity contribution in [2.45, 2.75) is 67.5 Å². The Kier molecular flexibility index (Phi) is 4.42. The number of aliphatic hydroxyl groups is 2. The van der Waals surface area contributed by atoms with Crippen LogP contribution in [0.3, 0.4) is 0 Å². The highest BCUT2D eigenvalue weighted by molar-refractivity contribution is 5.72. The van der Waals surface area contributed by atoms with E-state index in [9.17, 15) is 25.2 Å². The SMILES string of the molecule is CN1CC[C@]23c4c5ccc(O)c4O[C@H]2[C@@H](OC2O[C@@H](C(=O)O)CC(O)C2O)C=C[C@H]3[C@H]1C5. The average Bonchev–Trinajstić information content (AvgIpc) is 3.12. The van der Waals surface area contributed by atoms with Gasteiger partial charge in [-0.1, -0.05) is 18.2 Å². The van der Waals surface area contributed by atoms with Crippen LogP contribution in [-0.4, -0.2) is 87.7 Å². The molecule has 0 radical (unpaired) electrons. The van der Waals surface area contributed by atoms with E-state index in [1.165, 1.54) is 0 Å². The van der Waals surface area contributed by atoms with Gasteiger partial charge >= 0.3 is 5.97 Å². The lowest BCUT2D eigenvalue weighted by atomic mass is 9.53. The quantitative estimate of drug-likeness (QED) is 0.480. The van der Waals surface area contributed by atoms with Crippen LogP contribution in [0, 0.1) is 5.92 Å². The van der Waals surface area contributed by atoms with E-state index in [1.807, 2.05) is 12.1 Å². The lowest BCUT2D eigenvalue weighted by molar-refractivity contribution is -0.283. The normalized spacial score (nSPS) is 44.1. The number of carbonyl (C=O) groups is 1. The molecule has 172 valence electrons. The van der Waals surface area contributed by atoms with Crippen LogP contribution in [0.25, 0.3) is 0 Å². The van der Waals surface area contributed by atoms with Gasteiger partial charge in [-0.25, -0.2) is 4.79 Å². The number of nitrogens with zero attached hydrogens (tertiary/aromatic N) is 1. The number of aliphatic hydroxyl groups excluding tert-OH is 2. The molecule has 32 heavy (non-hydrogen) atoms. The summed E-state index contributed by atoms with van der Waals surface area (Å²) in [5.74, 6) is -0.452. The van der Waals surface area contributed by atoms with Crippen molar-refractivity contribution in [2.75, 3.05) is 13.6 Å². The molecule has 0 amide bonds. The first-order valence-electron chi connectivity index (χ1n) is 11.1. The maximum Gasteiger partial charge on any atom is 0.333 e. The van der Waals surface area contributed by atoms with Gasteiger partial charge in [-0.05, 0) is 38.1 Å². The second kappa shape index (κ2) is 6.91. The molecule has 3 aliphatic heterocycles. The molecule has 3 heterocycles. The molecule has 0 saturated carbocycles. The number of aromatic hydroxyl groups is 1. The fourth-order valence-electron chi connectivity index (χ4n) is 6.60. The maximum absolute atomic E-state index is 11.4. The number of piperidine rings is 1. The molecule has 6 rings (SSSR count). The van der Waals surface area contributed by atoms with Gasteiger partial charge in [0.1, 0.15) is 18.3 Å². The molecule has 1 aromatic carbocycles. The van der Waals surface area contributed by atoms with Gasteiger partial charge in [0.05, 0.1) is 6.10 Å². The summed E-state index contributed by atoms with van der Waals surface area (Å²) in [6.45, 7) is 0.873. The first-order chi connectivity index (χ1) is 15.3. The Hall–Kier alpha value is -2.17. The lowest BCUT2D eigenvalue weighted by Gasteiger charge is -2.57. The molecule has 5 aliphatic rings. The number of rotatable bonds is 3. The third-order valence-corrected chi connectivity index (χ3v) is 8.12. The van der Waals surface area contributed by atoms with E-state index in [0.29, 0.717) is 11.8 Å². The molecule has 1 spiro atoms. The number of carboxylic acid groups (broad SMARTS) is 1. The second-order valence-electron chi connectivity index (χ2n) is 9.67. The highest BCUT2D eigenvalue weighted by atomic mass is 16.7. The van der Waals surface area contributed by atoms with Gasteiger partial charge in [0, 0.05) is 29.4 Å². The number of ether oxygens (including phenoxy) is 3. The van der Waals surface area contributed by atoms with Gasteiger partial charge in [-0.2, -0.15) is 0 Å². The molecule has 2 fully saturated rings. The zero-order chi connectivity index (χ0) is 22.4. The molecule has 4 N–H and O–H groups in total. The van der Waals surface area contributed by atoms with E-state index < -0.39 is 42.8 Å². The van der Waals surface area contributed by atoms with E-state index in [2.05, 4.69) is 18.0 Å². The number of hydrogen-bond acceptors (Lipinski definition) is 8. The minimum atomic E-state index is -1.38. The third kappa shape index (κ3) is 2.60. The van der Waals surface area contributed by atoms with E-state index in [0.717, 1.165) is 30.5 Å². The highest BCUT2D eigenvalue weighted by Crippen LogP contribution is 2.62. The van der Waals surface area contributed by atoms with Crippen LogP contribution in [0.4, 0.5) is 0 Å². The van der Waals surface area contributed by atoms with Crippen molar-refractivity contribution in [1.82, 2.24) is 4.90 Å². The van der Waals surface area contributed by atoms with Crippen molar-refractivity contribution in [3.8, 4) is 11.5 Å². The minimum Gasteiger partial charge on any atom is -0.504 e. The summed E-state index contributed by atoms with van der Waals surface area (Å²) in [6, 6.07) is 3.94. The van der Waals surface area contributed by atoms with Crippen LogP contribution >= 0.6 is 0 Å². The summed E-state index contributed by atoms with van der Waals surface area (Å²) in [5, 5.41) is 40.5. The predicted molar refractivity (Wildman–Crippen MR) is 109 cm³/mol. The molecule has 9 heteroatoms. The molecule has 1 aromatic rings. The average molecular weight is 445 g/mol. The van der Waals surface area contributed by atoms with E-state index in [1.54, 1.807) is 6.07 Å². The summed E-state index contributed by atoms with van der Waals surface area (Å²) in [7, 11) is 2.13. The molecule has 9 atom stereocenters. The molecule has 2 aliphatic carbocycles. The fourth-order valence-corrected chi connectivity index (χ4v) is 6.60. The standard InChI is InChI=1S/C23H27NO8/c1-24-7-6-23-11-3-5-15(30-22-18(27)14(26)9-16(31-22)21(28)29)20(23)32-19-13(25)4-2-10(17(19)23)8-12(11)24/h2-5,11-12,14-16,18,20,22,25-27H,6-9H2,1H3,(H,28,29)/t11-,12+,14?,15-,16+,18?,20-,22?,23-/m0/s1. The number of phenols is 1. The number of benzene rings is 1. The van der Waals surface area contributed by atoms with Gasteiger partial charge in [0.25, 0.3) is 0 Å². The molecule has 0 aromatic heterocycles. The Labute approximate surface area is 184 Å². The Balaban J connectivity index is 1.39. The topological polar surface area (TPSA) is 129 Å². The number of hydrogen-bond donors (Lipinski definition) is 4. The van der Waals surface area contributed by atoms with Crippen molar-refractivity contribution in [1.29, 1.82) is 0 Å². The zero-order valence-corrected chi connectivity index (χ0v) is 17.6. The van der Waals surface area contributed by atoms with Crippen molar-refractivity contribution in [3.63, 3.8) is 0 Å². The first-order valence-corrected chi connectivity index (χ1v) is 11.1. The van der Waals surface area contributed by atoms with Crippen LogP contribution < -0.4 is 4.74 Å². The Bertz CT molecular complexity index is 996. The smallest absolute Gasteiger partial charge is 0.333 e. The largest absolute Gasteiger partial charge is 0.504 e. The van der Waals surface area contributed by atoms with Gasteiger partial charge in [0.15, 0.2) is 23.9 Å². The van der Waals surface area contributed by atoms with Crippen LogP contribution in [0.1, 0.15) is 24.0 Å². The third-order valence-electron chi connectivity index (χ3n) is 8.12. The van der Waals surface area contributed by atoms with Gasteiger partial charge in [-0.3, -0.25) is 0 Å².